The van der Waals surface area contributed by atoms with Gasteiger partial charge >= 0.3 is 0 Å². The zero-order valence-electron chi connectivity index (χ0n) is 23.5. The number of nitrogens with one attached hydrogen (secondary N) is 4. The second kappa shape index (κ2) is 19.1. The van der Waals surface area contributed by atoms with Gasteiger partial charge in [-0.1, -0.05) is 59.2 Å². The van der Waals surface area contributed by atoms with E-state index >= 15 is 0 Å². The van der Waals surface area contributed by atoms with Gasteiger partial charge < -0.3 is 21.3 Å². The first-order chi connectivity index (χ1) is 17.9. The Labute approximate surface area is 225 Å². The van der Waals surface area contributed by atoms with E-state index in [1.54, 1.807) is 54.3 Å². The fraction of sp³-hybridized carbons (Fsp3) is 0.481. The third kappa shape index (κ3) is 15.2. The van der Waals surface area contributed by atoms with Gasteiger partial charge in [-0.05, 0) is 31.0 Å². The van der Waals surface area contributed by atoms with Gasteiger partial charge in [-0.2, -0.15) is 5.10 Å². The first-order valence-corrected chi connectivity index (χ1v) is 12.6. The minimum absolute atomic E-state index is 0.121. The van der Waals surface area contributed by atoms with Crippen molar-refractivity contribution in [3.05, 3.63) is 53.9 Å². The Morgan fingerprint density at radius 2 is 1.45 bits per heavy atom. The molecule has 0 fully saturated rings. The predicted octanol–water partition coefficient (Wildman–Crippen LogP) is 1.73. The van der Waals surface area contributed by atoms with Crippen molar-refractivity contribution in [2.24, 2.45) is 13.0 Å². The smallest absolute Gasteiger partial charge is 0.289 e. The molecule has 0 spiro atoms. The Hall–Kier alpha value is -4.02. The van der Waals surface area contributed by atoms with E-state index < -0.39 is 42.0 Å². The molecular formula is C27H42N6O5. The molecule has 2 rings (SSSR count). The van der Waals surface area contributed by atoms with E-state index in [4.69, 9.17) is 0 Å². The summed E-state index contributed by atoms with van der Waals surface area (Å²) < 4.78 is 1.55. The minimum atomic E-state index is -0.966. The highest BCUT2D eigenvalue weighted by atomic mass is 16.2. The van der Waals surface area contributed by atoms with Crippen molar-refractivity contribution in [3.8, 4) is 0 Å². The van der Waals surface area contributed by atoms with Gasteiger partial charge in [0.05, 0.1) is 25.3 Å². The third-order valence-electron chi connectivity index (χ3n) is 4.25. The number of rotatable bonds is 10. The van der Waals surface area contributed by atoms with Gasteiger partial charge in [0, 0.05) is 18.8 Å². The highest BCUT2D eigenvalue weighted by Gasteiger charge is 2.19. The number of carbonyl (C=O) groups is 5. The van der Waals surface area contributed by atoms with E-state index in [9.17, 15) is 24.0 Å². The number of benzene rings is 1. The Balaban J connectivity index is 0.00000175. The quantitative estimate of drug-likeness (QED) is 0.344. The second-order valence-electron chi connectivity index (χ2n) is 9.05. The molecule has 38 heavy (non-hydrogen) atoms. The molecular weight excluding hydrogens is 488 g/mol. The molecule has 11 nitrogen and oxygen atoms in total. The van der Waals surface area contributed by atoms with E-state index in [-0.39, 0.29) is 13.1 Å². The molecule has 4 N–H and O–H groups in total. The van der Waals surface area contributed by atoms with Gasteiger partial charge in [-0.3, -0.25) is 28.7 Å². The lowest BCUT2D eigenvalue weighted by molar-refractivity contribution is -0.138. The zero-order valence-corrected chi connectivity index (χ0v) is 23.5. The van der Waals surface area contributed by atoms with Crippen LogP contribution < -0.4 is 21.3 Å². The molecule has 11 heteroatoms. The number of nitrogens with zero attached hydrogens (tertiary/aromatic N) is 2. The fourth-order valence-electron chi connectivity index (χ4n) is 2.46. The van der Waals surface area contributed by atoms with Crippen LogP contribution in [0.5, 0.6) is 0 Å². The molecule has 4 amide bonds. The van der Waals surface area contributed by atoms with Gasteiger partial charge in [0.2, 0.25) is 17.6 Å². The SMILES string of the molecule is CC(C)C.CCC.C[C@H](NC(=O)CNC(=O)c1ccccc1)C(=O)NCC(=O)C(=O)NCc1ccnn1C. The molecule has 0 unspecified atom stereocenters. The van der Waals surface area contributed by atoms with Crippen LogP contribution in [0, 0.1) is 5.92 Å². The zero-order chi connectivity index (χ0) is 29.1. The summed E-state index contributed by atoms with van der Waals surface area (Å²) >= 11 is 0. The van der Waals surface area contributed by atoms with Gasteiger partial charge in [0.25, 0.3) is 11.8 Å². The predicted molar refractivity (Wildman–Crippen MR) is 146 cm³/mol. The molecule has 210 valence electrons. The summed E-state index contributed by atoms with van der Waals surface area (Å²) in [4.78, 5) is 59.6. The molecule has 1 heterocycles. The van der Waals surface area contributed by atoms with Gasteiger partial charge in [-0.25, -0.2) is 0 Å². The lowest BCUT2D eigenvalue weighted by Gasteiger charge is -2.14. The molecule has 0 saturated heterocycles. The van der Waals surface area contributed by atoms with Crippen LogP contribution in [0.2, 0.25) is 0 Å². The Morgan fingerprint density at radius 3 is 1.97 bits per heavy atom. The first kappa shape index (κ1) is 34.0. The van der Waals surface area contributed by atoms with Crippen molar-refractivity contribution in [1.82, 2.24) is 31.0 Å². The van der Waals surface area contributed by atoms with Crippen LogP contribution >= 0.6 is 0 Å². The van der Waals surface area contributed by atoms with Crippen LogP contribution in [0.25, 0.3) is 0 Å². The molecule has 0 aliphatic carbocycles. The van der Waals surface area contributed by atoms with E-state index in [1.165, 1.54) is 13.3 Å². The monoisotopic (exact) mass is 530 g/mol. The van der Waals surface area contributed by atoms with Crippen molar-refractivity contribution in [2.75, 3.05) is 13.1 Å². The number of aryl methyl sites for hydroxylation is 1. The van der Waals surface area contributed by atoms with E-state index in [0.717, 1.165) is 5.92 Å². The first-order valence-electron chi connectivity index (χ1n) is 12.6. The topological polar surface area (TPSA) is 151 Å². The number of hydrogen-bond acceptors (Lipinski definition) is 6. The molecule has 0 saturated carbocycles. The van der Waals surface area contributed by atoms with Crippen molar-refractivity contribution in [1.29, 1.82) is 0 Å². The molecule has 0 bridgehead atoms. The molecule has 0 radical (unpaired) electrons. The van der Waals surface area contributed by atoms with Crippen molar-refractivity contribution in [2.45, 2.75) is 60.5 Å². The number of amides is 4. The van der Waals surface area contributed by atoms with Gasteiger partial charge in [-0.15, -0.1) is 0 Å². The van der Waals surface area contributed by atoms with E-state index in [2.05, 4.69) is 61.0 Å². The second-order valence-corrected chi connectivity index (χ2v) is 9.05. The molecule has 1 aromatic heterocycles. The molecule has 2 aromatic rings. The van der Waals surface area contributed by atoms with E-state index in [1.807, 2.05) is 0 Å². The lowest BCUT2D eigenvalue weighted by Crippen LogP contribution is -2.49. The molecule has 0 aliphatic rings. The number of aromatic nitrogens is 2. The van der Waals surface area contributed by atoms with Crippen molar-refractivity contribution in [3.63, 3.8) is 0 Å². The highest BCUT2D eigenvalue weighted by molar-refractivity contribution is 6.37. The van der Waals surface area contributed by atoms with Crippen LogP contribution in [0.4, 0.5) is 0 Å². The van der Waals surface area contributed by atoms with Gasteiger partial charge in [0.1, 0.15) is 6.04 Å². The normalized spacial score (nSPS) is 10.5. The number of carbonyl (C=O) groups excluding carboxylic acids is 5. The largest absolute Gasteiger partial charge is 0.347 e. The van der Waals surface area contributed by atoms with Crippen LogP contribution in [0.15, 0.2) is 42.6 Å². The summed E-state index contributed by atoms with van der Waals surface area (Å²) in [6.07, 6.45) is 2.81. The third-order valence-corrected chi connectivity index (χ3v) is 4.25. The lowest BCUT2D eigenvalue weighted by atomic mass is 10.2. The molecule has 0 aliphatic heterocycles. The summed E-state index contributed by atoms with van der Waals surface area (Å²) in [5, 5.41) is 13.5. The van der Waals surface area contributed by atoms with Crippen LogP contribution in [-0.4, -0.2) is 58.3 Å². The Morgan fingerprint density at radius 1 is 0.868 bits per heavy atom. The Kier molecular flexibility index (Phi) is 17.1. The van der Waals surface area contributed by atoms with E-state index in [0.29, 0.717) is 11.3 Å². The average Bonchev–Trinajstić information content (AvgIpc) is 3.29. The summed E-state index contributed by atoms with van der Waals surface area (Å²) in [5.74, 6) is -2.48. The summed E-state index contributed by atoms with van der Waals surface area (Å²) in [6.45, 7) is 11.5. The highest BCUT2D eigenvalue weighted by Crippen LogP contribution is 1.97. The van der Waals surface area contributed by atoms with Crippen LogP contribution in [-0.2, 0) is 32.8 Å². The maximum Gasteiger partial charge on any atom is 0.289 e. The van der Waals surface area contributed by atoms with Crippen molar-refractivity contribution < 1.29 is 24.0 Å². The molecule has 1 aromatic carbocycles. The summed E-state index contributed by atoms with van der Waals surface area (Å²) in [7, 11) is 1.70. The average molecular weight is 531 g/mol. The summed E-state index contributed by atoms with van der Waals surface area (Å²) in [6, 6.07) is 9.09. The van der Waals surface area contributed by atoms with Gasteiger partial charge in [0.15, 0.2) is 0 Å². The standard InChI is InChI=1S/C20H24N6O5.C4H10.C3H8/c1-13(25-17(28)12-23-19(30)14-6-4-3-5-7-14)18(29)22-11-16(27)20(31)21-10-15-8-9-24-26(15)2;1-4(2)3;1-3-2/h3-9,13H,10-12H2,1-2H3,(H,21,31)(H,22,29)(H,23,30)(H,25,28);4H,1-3H3;3H2,1-2H3/t13-;;/m0../s1. The maximum absolute atomic E-state index is 12.0. The van der Waals surface area contributed by atoms with Crippen LogP contribution in [0.1, 0.15) is 64.0 Å². The molecule has 1 atom stereocenters. The van der Waals surface area contributed by atoms with Crippen molar-refractivity contribution >= 4 is 29.4 Å². The number of hydrogen-bond donors (Lipinski definition) is 4. The fourth-order valence-corrected chi connectivity index (χ4v) is 2.46. The minimum Gasteiger partial charge on any atom is -0.347 e. The number of Topliss-reactive ketones (excluding diaryl/α,β-unsaturated/α-hetero) is 1. The maximum atomic E-state index is 12.0. The van der Waals surface area contributed by atoms with Crippen LogP contribution in [0.3, 0.4) is 0 Å². The Bertz CT molecular complexity index is 1020. The number of ketones is 1. The summed E-state index contributed by atoms with van der Waals surface area (Å²) in [5.41, 5.74) is 1.11.